The molecule has 4 heteroatoms. The van der Waals surface area contributed by atoms with Gasteiger partial charge in [0.25, 0.3) is 8.32 Å². The molecule has 3 rings (SSSR count). The van der Waals surface area contributed by atoms with Gasteiger partial charge in [-0.05, 0) is 33.7 Å². The number of rotatable bonds is 10. The summed E-state index contributed by atoms with van der Waals surface area (Å²) < 4.78 is 12.9. The summed E-state index contributed by atoms with van der Waals surface area (Å²) in [5.74, 6) is 1.13. The minimum atomic E-state index is -2.44. The first-order valence-electron chi connectivity index (χ1n) is 11.1. The van der Waals surface area contributed by atoms with Gasteiger partial charge in [-0.3, -0.25) is 0 Å². The molecule has 1 saturated carbocycles. The molecule has 0 saturated heterocycles. The van der Waals surface area contributed by atoms with Gasteiger partial charge in [0.05, 0.1) is 13.2 Å². The van der Waals surface area contributed by atoms with Gasteiger partial charge in [0.1, 0.15) is 0 Å². The molecule has 2 aromatic carbocycles. The summed E-state index contributed by atoms with van der Waals surface area (Å²) in [6.07, 6.45) is 1.16. The number of benzene rings is 2. The Bertz CT molecular complexity index is 743. The van der Waals surface area contributed by atoms with Crippen molar-refractivity contribution in [2.75, 3.05) is 26.4 Å². The maximum Gasteiger partial charge on any atom is 0.261 e. The fraction of sp³-hybridized carbons (Fsp3) is 0.538. The van der Waals surface area contributed by atoms with Crippen LogP contribution in [0.15, 0.2) is 60.7 Å². The van der Waals surface area contributed by atoms with Crippen molar-refractivity contribution in [2.45, 2.75) is 46.1 Å². The van der Waals surface area contributed by atoms with Gasteiger partial charge in [-0.15, -0.1) is 0 Å². The Kier molecular flexibility index (Phi) is 7.23. The van der Waals surface area contributed by atoms with Gasteiger partial charge in [-0.25, -0.2) is 0 Å². The molecule has 0 amide bonds. The molecule has 2 atom stereocenters. The van der Waals surface area contributed by atoms with Gasteiger partial charge in [-0.2, -0.15) is 0 Å². The van der Waals surface area contributed by atoms with E-state index < -0.39 is 8.32 Å². The van der Waals surface area contributed by atoms with E-state index in [-0.39, 0.29) is 17.1 Å². The molecule has 0 spiro atoms. The lowest BCUT2D eigenvalue weighted by Crippen LogP contribution is -2.66. The molecule has 1 aliphatic carbocycles. The Morgan fingerprint density at radius 1 is 0.833 bits per heavy atom. The fourth-order valence-corrected chi connectivity index (χ4v) is 8.86. The van der Waals surface area contributed by atoms with Crippen molar-refractivity contribution < 1.29 is 14.3 Å². The number of hydrogen-bond acceptors (Lipinski definition) is 3. The first-order valence-corrected chi connectivity index (χ1v) is 13.0. The molecular weight excluding hydrogens is 388 g/mol. The lowest BCUT2D eigenvalue weighted by atomic mass is 9.97. The lowest BCUT2D eigenvalue weighted by molar-refractivity contribution is 0.0214. The standard InChI is InChI=1S/C26H38O3Si/c1-25(2,3)30(23-12-8-6-9-13-23,24-14-10-7-11-15-24)29-18-22-16-21(22)17-28-20-26(4,5)19-27/h6-15,21-22,27H,16-20H2,1-5H3/t21-,22+/m0/s1. The normalized spacial score (nSPS) is 19.7. The summed E-state index contributed by atoms with van der Waals surface area (Å²) in [5, 5.41) is 12.1. The molecule has 2 aromatic rings. The third-order valence-electron chi connectivity index (χ3n) is 6.25. The van der Waals surface area contributed by atoms with Crippen LogP contribution in [0.25, 0.3) is 0 Å². The van der Waals surface area contributed by atoms with Gasteiger partial charge in [-0.1, -0.05) is 95.3 Å². The van der Waals surface area contributed by atoms with Crippen LogP contribution in [0.1, 0.15) is 41.0 Å². The molecule has 0 aromatic heterocycles. The van der Waals surface area contributed by atoms with Crippen molar-refractivity contribution in [3.8, 4) is 0 Å². The molecule has 30 heavy (non-hydrogen) atoms. The molecule has 0 unspecified atom stereocenters. The smallest absolute Gasteiger partial charge is 0.261 e. The highest BCUT2D eigenvalue weighted by Crippen LogP contribution is 2.42. The molecule has 0 bridgehead atoms. The van der Waals surface area contributed by atoms with E-state index in [1.165, 1.54) is 10.4 Å². The van der Waals surface area contributed by atoms with Crippen molar-refractivity contribution in [1.29, 1.82) is 0 Å². The van der Waals surface area contributed by atoms with Crippen LogP contribution in [-0.4, -0.2) is 39.9 Å². The molecule has 1 aliphatic rings. The van der Waals surface area contributed by atoms with Gasteiger partial charge >= 0.3 is 0 Å². The molecular formula is C26H38O3Si. The first kappa shape index (κ1) is 23.2. The summed E-state index contributed by atoms with van der Waals surface area (Å²) >= 11 is 0. The molecule has 164 valence electrons. The van der Waals surface area contributed by atoms with Crippen molar-refractivity contribution >= 4 is 18.7 Å². The van der Waals surface area contributed by atoms with Gasteiger partial charge in [0.2, 0.25) is 0 Å². The van der Waals surface area contributed by atoms with Crippen molar-refractivity contribution in [3.63, 3.8) is 0 Å². The average molecular weight is 427 g/mol. The molecule has 1 fully saturated rings. The van der Waals surface area contributed by atoms with Crippen LogP contribution < -0.4 is 10.4 Å². The van der Waals surface area contributed by atoms with Crippen LogP contribution in [0, 0.1) is 17.3 Å². The van der Waals surface area contributed by atoms with Crippen LogP contribution in [0.4, 0.5) is 0 Å². The van der Waals surface area contributed by atoms with Gasteiger partial charge in [0.15, 0.2) is 0 Å². The predicted octanol–water partition coefficient (Wildman–Crippen LogP) is 4.23. The minimum absolute atomic E-state index is 0.0156. The van der Waals surface area contributed by atoms with Crippen molar-refractivity contribution in [2.24, 2.45) is 17.3 Å². The second-order valence-electron chi connectivity index (χ2n) is 10.6. The summed E-state index contributed by atoms with van der Waals surface area (Å²) in [6, 6.07) is 21.7. The Balaban J connectivity index is 1.74. The van der Waals surface area contributed by atoms with Crippen LogP contribution in [0.2, 0.25) is 5.04 Å². The Hall–Kier alpha value is -1.46. The first-order chi connectivity index (χ1) is 14.2. The quantitative estimate of drug-likeness (QED) is 0.578. The number of hydrogen-bond donors (Lipinski definition) is 1. The molecule has 3 nitrogen and oxygen atoms in total. The highest BCUT2D eigenvalue weighted by atomic mass is 28.4. The molecule has 0 aliphatic heterocycles. The summed E-state index contributed by atoms with van der Waals surface area (Å²) in [6.45, 7) is 13.3. The second-order valence-corrected chi connectivity index (χ2v) is 14.9. The maximum atomic E-state index is 9.40. The van der Waals surface area contributed by atoms with Gasteiger partial charge in [0, 0.05) is 18.6 Å². The number of aliphatic hydroxyl groups excluding tert-OH is 1. The third kappa shape index (κ3) is 5.23. The highest BCUT2D eigenvalue weighted by Gasteiger charge is 2.51. The highest BCUT2D eigenvalue weighted by molar-refractivity contribution is 6.99. The van der Waals surface area contributed by atoms with E-state index in [9.17, 15) is 5.11 Å². The molecule has 0 heterocycles. The summed E-state index contributed by atoms with van der Waals surface area (Å²) in [7, 11) is -2.44. The second kappa shape index (κ2) is 9.35. The summed E-state index contributed by atoms with van der Waals surface area (Å²) in [4.78, 5) is 0. The van der Waals surface area contributed by atoms with Crippen LogP contribution in [0.5, 0.6) is 0 Å². The van der Waals surface area contributed by atoms with Gasteiger partial charge < -0.3 is 14.3 Å². The van der Waals surface area contributed by atoms with E-state index in [0.29, 0.717) is 18.4 Å². The van der Waals surface area contributed by atoms with Crippen molar-refractivity contribution in [3.05, 3.63) is 60.7 Å². The topological polar surface area (TPSA) is 38.7 Å². The molecule has 0 radical (unpaired) electrons. The zero-order chi connectivity index (χ0) is 21.8. The van der Waals surface area contributed by atoms with E-state index in [1.54, 1.807) is 0 Å². The number of ether oxygens (including phenoxy) is 1. The van der Waals surface area contributed by atoms with E-state index in [1.807, 2.05) is 13.8 Å². The fourth-order valence-electron chi connectivity index (χ4n) is 4.24. The monoisotopic (exact) mass is 426 g/mol. The molecule has 1 N–H and O–H groups in total. The van der Waals surface area contributed by atoms with E-state index in [0.717, 1.165) is 19.6 Å². The van der Waals surface area contributed by atoms with Crippen LogP contribution in [0.3, 0.4) is 0 Å². The SMILES string of the molecule is CC(C)(CO)COC[C@@H]1C[C@@H]1CO[Si](c1ccccc1)(c1ccccc1)C(C)(C)C. The third-order valence-corrected chi connectivity index (χ3v) is 11.3. The zero-order valence-corrected chi connectivity index (χ0v) is 20.2. The Morgan fingerprint density at radius 3 is 1.80 bits per heavy atom. The summed E-state index contributed by atoms with van der Waals surface area (Å²) in [5.41, 5.74) is -0.171. The van der Waals surface area contributed by atoms with Crippen LogP contribution >= 0.6 is 0 Å². The Morgan fingerprint density at radius 2 is 1.33 bits per heavy atom. The zero-order valence-electron chi connectivity index (χ0n) is 19.2. The lowest BCUT2D eigenvalue weighted by Gasteiger charge is -2.43. The van der Waals surface area contributed by atoms with Crippen molar-refractivity contribution in [1.82, 2.24) is 0 Å². The van der Waals surface area contributed by atoms with E-state index >= 15 is 0 Å². The van der Waals surface area contributed by atoms with E-state index in [2.05, 4.69) is 81.4 Å². The predicted molar refractivity (Wildman–Crippen MR) is 127 cm³/mol. The maximum absolute atomic E-state index is 9.40. The minimum Gasteiger partial charge on any atom is -0.407 e. The average Bonchev–Trinajstić information content (AvgIpc) is 3.47. The van der Waals surface area contributed by atoms with E-state index in [4.69, 9.17) is 9.16 Å². The number of aliphatic hydroxyl groups is 1. The van der Waals surface area contributed by atoms with Crippen LogP contribution in [-0.2, 0) is 9.16 Å². The largest absolute Gasteiger partial charge is 0.407 e. The Labute approximate surface area is 183 Å².